The minimum absolute atomic E-state index is 0.0692. The number of aliphatic imine (C=N–C) groups is 1. The summed E-state index contributed by atoms with van der Waals surface area (Å²) >= 11 is 0. The first-order chi connectivity index (χ1) is 14.6. The second kappa shape index (κ2) is 8.29. The first-order valence-electron chi connectivity index (χ1n) is 9.77. The second-order valence-corrected chi connectivity index (χ2v) is 7.26. The molecular weight excluding hydrogens is 383 g/mol. The lowest BCUT2D eigenvalue weighted by Gasteiger charge is -2.11. The molecule has 30 heavy (non-hydrogen) atoms. The third kappa shape index (κ3) is 3.85. The van der Waals surface area contributed by atoms with Gasteiger partial charge >= 0.3 is 0 Å². The average Bonchev–Trinajstić information content (AvgIpc) is 3.38. The van der Waals surface area contributed by atoms with Gasteiger partial charge in [0.05, 0.1) is 5.70 Å². The molecule has 1 heterocycles. The van der Waals surface area contributed by atoms with Gasteiger partial charge in [-0.1, -0.05) is 37.1 Å². The number of halogens is 1. The first kappa shape index (κ1) is 19.5. The SMILES string of the molecule is N#C/C(C(=O)NC1CCCC1)=C1/N=C(NC(=O)c2ccc(F)cc2)c2ccccc21. The Balaban J connectivity index is 1.66. The van der Waals surface area contributed by atoms with Gasteiger partial charge in [-0.2, -0.15) is 5.26 Å². The predicted octanol–water partition coefficient (Wildman–Crippen LogP) is 3.31. The molecule has 7 heteroatoms. The van der Waals surface area contributed by atoms with Crippen molar-refractivity contribution in [2.24, 2.45) is 4.99 Å². The molecule has 0 spiro atoms. The zero-order valence-electron chi connectivity index (χ0n) is 16.1. The standard InChI is InChI=1S/C23H19FN4O2/c24-15-11-9-14(10-12-15)22(29)28-21-18-8-4-3-7-17(18)20(27-21)19(13-25)23(30)26-16-5-1-2-6-16/h3-4,7-12,16H,1-2,5-6H2,(H,26,30)(H,27,28,29)/b20-19-. The molecule has 6 nitrogen and oxygen atoms in total. The minimum Gasteiger partial charge on any atom is -0.349 e. The van der Waals surface area contributed by atoms with Gasteiger partial charge in [0.15, 0.2) is 0 Å². The Labute approximate surface area is 173 Å². The van der Waals surface area contributed by atoms with Crippen LogP contribution in [0.1, 0.15) is 47.2 Å². The number of hydrogen-bond acceptors (Lipinski definition) is 4. The Hall–Kier alpha value is -3.79. The van der Waals surface area contributed by atoms with Gasteiger partial charge in [0.25, 0.3) is 11.8 Å². The predicted molar refractivity (Wildman–Crippen MR) is 110 cm³/mol. The Kier molecular flexibility index (Phi) is 5.40. The Morgan fingerprint density at radius 3 is 2.37 bits per heavy atom. The molecule has 0 radical (unpaired) electrons. The van der Waals surface area contributed by atoms with Crippen LogP contribution in [0.25, 0.3) is 5.70 Å². The number of nitriles is 1. The van der Waals surface area contributed by atoms with Crippen LogP contribution in [0.5, 0.6) is 0 Å². The van der Waals surface area contributed by atoms with Crippen molar-refractivity contribution >= 4 is 23.3 Å². The van der Waals surface area contributed by atoms with E-state index in [9.17, 15) is 19.2 Å². The highest BCUT2D eigenvalue weighted by Crippen LogP contribution is 2.31. The van der Waals surface area contributed by atoms with Crippen molar-refractivity contribution in [1.29, 1.82) is 5.26 Å². The maximum atomic E-state index is 13.1. The highest BCUT2D eigenvalue weighted by Gasteiger charge is 2.28. The van der Waals surface area contributed by atoms with Crippen LogP contribution in [-0.4, -0.2) is 23.7 Å². The van der Waals surface area contributed by atoms with Crippen LogP contribution in [0.2, 0.25) is 0 Å². The number of hydrogen-bond donors (Lipinski definition) is 2. The molecule has 4 rings (SSSR count). The van der Waals surface area contributed by atoms with Gasteiger partial charge in [0.1, 0.15) is 23.3 Å². The van der Waals surface area contributed by atoms with Gasteiger partial charge in [0.2, 0.25) is 0 Å². The molecule has 1 fully saturated rings. The summed E-state index contributed by atoms with van der Waals surface area (Å²) in [5.41, 5.74) is 1.64. The van der Waals surface area contributed by atoms with Gasteiger partial charge in [-0.05, 0) is 37.1 Å². The monoisotopic (exact) mass is 402 g/mol. The summed E-state index contributed by atoms with van der Waals surface area (Å²) in [4.78, 5) is 29.7. The van der Waals surface area contributed by atoms with Crippen molar-refractivity contribution in [3.63, 3.8) is 0 Å². The largest absolute Gasteiger partial charge is 0.349 e. The van der Waals surface area contributed by atoms with Crippen LogP contribution in [0.15, 0.2) is 59.1 Å². The first-order valence-corrected chi connectivity index (χ1v) is 9.77. The third-order valence-electron chi connectivity index (χ3n) is 5.27. The molecule has 2 N–H and O–H groups in total. The van der Waals surface area contributed by atoms with E-state index >= 15 is 0 Å². The summed E-state index contributed by atoms with van der Waals surface area (Å²) < 4.78 is 13.1. The van der Waals surface area contributed by atoms with Gasteiger partial charge in [-0.15, -0.1) is 0 Å². The van der Waals surface area contributed by atoms with E-state index in [-0.39, 0.29) is 28.7 Å². The van der Waals surface area contributed by atoms with Crippen LogP contribution in [0.3, 0.4) is 0 Å². The number of nitrogens with one attached hydrogen (secondary N) is 2. The number of nitrogens with zero attached hydrogens (tertiary/aromatic N) is 2. The quantitative estimate of drug-likeness (QED) is 0.609. The summed E-state index contributed by atoms with van der Waals surface area (Å²) in [6, 6.07) is 14.3. The molecule has 2 aromatic carbocycles. The van der Waals surface area contributed by atoms with Gasteiger partial charge in [-0.25, -0.2) is 9.38 Å². The van der Waals surface area contributed by atoms with E-state index in [2.05, 4.69) is 15.6 Å². The molecule has 0 unspecified atom stereocenters. The molecule has 0 atom stereocenters. The zero-order chi connectivity index (χ0) is 21.1. The van der Waals surface area contributed by atoms with E-state index < -0.39 is 17.6 Å². The van der Waals surface area contributed by atoms with Crippen molar-refractivity contribution in [3.8, 4) is 6.07 Å². The van der Waals surface area contributed by atoms with Crippen LogP contribution >= 0.6 is 0 Å². The topological polar surface area (TPSA) is 94.3 Å². The van der Waals surface area contributed by atoms with E-state index in [0.29, 0.717) is 11.1 Å². The summed E-state index contributed by atoms with van der Waals surface area (Å²) in [5.74, 6) is -1.11. The summed E-state index contributed by atoms with van der Waals surface area (Å²) in [5, 5.41) is 15.3. The molecule has 150 valence electrons. The van der Waals surface area contributed by atoms with Crippen molar-refractivity contribution in [3.05, 3.63) is 76.6 Å². The zero-order valence-corrected chi connectivity index (χ0v) is 16.1. The van der Waals surface area contributed by atoms with Crippen LogP contribution in [0.4, 0.5) is 4.39 Å². The molecule has 1 aliphatic heterocycles. The molecule has 2 aromatic rings. The van der Waals surface area contributed by atoms with Gasteiger partial charge in [-0.3, -0.25) is 9.59 Å². The lowest BCUT2D eigenvalue weighted by atomic mass is 10.0. The molecule has 1 saturated carbocycles. The minimum atomic E-state index is -0.460. The summed E-state index contributed by atoms with van der Waals surface area (Å²) in [6.45, 7) is 0. The highest BCUT2D eigenvalue weighted by atomic mass is 19.1. The van der Waals surface area contributed by atoms with E-state index in [1.54, 1.807) is 24.3 Å². The number of carbonyl (C=O) groups excluding carboxylic acids is 2. The van der Waals surface area contributed by atoms with Crippen LogP contribution in [0, 0.1) is 17.1 Å². The number of rotatable bonds is 3. The third-order valence-corrected chi connectivity index (χ3v) is 5.27. The van der Waals surface area contributed by atoms with Crippen molar-refractivity contribution in [2.75, 3.05) is 0 Å². The Morgan fingerprint density at radius 1 is 1.03 bits per heavy atom. The number of amides is 2. The Bertz CT molecular complexity index is 1110. The molecule has 0 aromatic heterocycles. The van der Waals surface area contributed by atoms with E-state index in [4.69, 9.17) is 0 Å². The van der Waals surface area contributed by atoms with Crippen molar-refractivity contribution in [2.45, 2.75) is 31.7 Å². The van der Waals surface area contributed by atoms with Gasteiger partial charge in [0, 0.05) is 22.7 Å². The second-order valence-electron chi connectivity index (χ2n) is 7.26. The van der Waals surface area contributed by atoms with E-state index in [1.165, 1.54) is 24.3 Å². The molecule has 1 aliphatic carbocycles. The normalized spacial score (nSPS) is 17.0. The number of benzene rings is 2. The molecule has 0 saturated heterocycles. The fraction of sp³-hybridized carbons (Fsp3) is 0.217. The smallest absolute Gasteiger partial charge is 0.264 e. The lowest BCUT2D eigenvalue weighted by Crippen LogP contribution is -2.33. The molecule has 2 amide bonds. The van der Waals surface area contributed by atoms with Crippen LogP contribution < -0.4 is 10.6 Å². The molecular formula is C23H19FN4O2. The highest BCUT2D eigenvalue weighted by molar-refractivity contribution is 6.20. The fourth-order valence-electron chi connectivity index (χ4n) is 3.73. The van der Waals surface area contributed by atoms with Crippen molar-refractivity contribution in [1.82, 2.24) is 10.6 Å². The Morgan fingerprint density at radius 2 is 1.70 bits per heavy atom. The van der Waals surface area contributed by atoms with Gasteiger partial charge < -0.3 is 10.6 Å². The molecule has 0 bridgehead atoms. The van der Waals surface area contributed by atoms with Crippen LogP contribution in [-0.2, 0) is 4.79 Å². The maximum absolute atomic E-state index is 13.1. The molecule has 2 aliphatic rings. The fourth-order valence-corrected chi connectivity index (χ4v) is 3.73. The maximum Gasteiger partial charge on any atom is 0.264 e. The summed E-state index contributed by atoms with van der Waals surface area (Å²) in [6.07, 6.45) is 3.92. The van der Waals surface area contributed by atoms with E-state index in [0.717, 1.165) is 25.7 Å². The van der Waals surface area contributed by atoms with Crippen molar-refractivity contribution < 1.29 is 14.0 Å². The lowest BCUT2D eigenvalue weighted by molar-refractivity contribution is -0.117. The number of amidine groups is 1. The number of carbonyl (C=O) groups is 2. The van der Waals surface area contributed by atoms with E-state index in [1.807, 2.05) is 6.07 Å². The summed E-state index contributed by atoms with van der Waals surface area (Å²) in [7, 11) is 0. The number of fused-ring (bicyclic) bond motifs is 1. The average molecular weight is 402 g/mol.